The summed E-state index contributed by atoms with van der Waals surface area (Å²) in [5, 5.41) is 19.1. The molecule has 0 bridgehead atoms. The normalized spacial score (nSPS) is 22.8. The van der Waals surface area contributed by atoms with Crippen molar-refractivity contribution in [2.24, 2.45) is 0 Å². The zero-order valence-electron chi connectivity index (χ0n) is 26.5. The molecule has 0 saturated carbocycles. The Labute approximate surface area is 274 Å². The van der Waals surface area contributed by atoms with Crippen LogP contribution in [0.2, 0.25) is 0 Å². The van der Waals surface area contributed by atoms with Gasteiger partial charge in [0.1, 0.15) is 23.2 Å². The number of benzene rings is 2. The molecule has 0 aliphatic carbocycles. The summed E-state index contributed by atoms with van der Waals surface area (Å²) in [6.45, 7) is 5.07. The summed E-state index contributed by atoms with van der Waals surface area (Å²) < 4.78 is 68.4. The molecule has 3 aliphatic heterocycles. The van der Waals surface area contributed by atoms with Crippen LogP contribution in [-0.4, -0.2) is 87.1 Å². The lowest BCUT2D eigenvalue weighted by atomic mass is 9.95. The second-order valence-electron chi connectivity index (χ2n) is 12.6. The van der Waals surface area contributed by atoms with Crippen LogP contribution in [0.5, 0.6) is 6.01 Å². The Morgan fingerprint density at radius 2 is 1.92 bits per heavy atom. The molecule has 2 aromatic heterocycles. The Morgan fingerprint density at radius 3 is 2.65 bits per heavy atom. The number of aliphatic hydroxyl groups excluding tert-OH is 1. The van der Waals surface area contributed by atoms with E-state index in [2.05, 4.69) is 32.7 Å². The molecule has 254 valence electrons. The topological polar surface area (TPSA) is 130 Å². The highest BCUT2D eigenvalue weighted by molar-refractivity contribution is 6.03. The summed E-state index contributed by atoms with van der Waals surface area (Å²) in [5.41, 5.74) is 5.43. The van der Waals surface area contributed by atoms with E-state index in [0.717, 1.165) is 19.0 Å². The molecule has 7 rings (SSSR count). The largest absolute Gasteiger partial charge is 0.408 e. The standard InChI is InChI=1S/C26H22F3N5O4.C8H14FN/c1-3-15-19-13(8-18(27)20(15)28)7-14(30)9-16(19)22-21(29)23-17(10-31-22)24(33-25(32-23)38-26(35)36)34-5-4-6-37-12(2)11-34;1-8-3-2-4-10(8)6-7(9)5-8/h1,7-10,12,26,35-36H,4-6,11,30H2,2H3;7H,2-6H2,1H3. The van der Waals surface area contributed by atoms with Crippen molar-refractivity contribution in [3.63, 3.8) is 0 Å². The van der Waals surface area contributed by atoms with Crippen LogP contribution in [0.25, 0.3) is 32.9 Å². The number of ether oxygens (including phenoxy) is 2. The van der Waals surface area contributed by atoms with Gasteiger partial charge in [-0.2, -0.15) is 9.97 Å². The summed E-state index contributed by atoms with van der Waals surface area (Å²) in [4.78, 5) is 16.7. The molecule has 3 fully saturated rings. The number of nitrogen functional groups attached to an aromatic ring is 1. The number of alkyl halides is 1. The second kappa shape index (κ2) is 13.3. The molecule has 3 unspecified atom stereocenters. The van der Waals surface area contributed by atoms with Crippen molar-refractivity contribution in [1.29, 1.82) is 0 Å². The van der Waals surface area contributed by atoms with Gasteiger partial charge in [0, 0.05) is 54.6 Å². The smallest absolute Gasteiger partial charge is 0.323 e. The third kappa shape index (κ3) is 6.43. The Hall–Kier alpha value is -4.29. The maximum absolute atomic E-state index is 16.2. The molecule has 5 heterocycles. The van der Waals surface area contributed by atoms with E-state index in [1.54, 1.807) is 0 Å². The van der Waals surface area contributed by atoms with E-state index in [1.165, 1.54) is 31.2 Å². The summed E-state index contributed by atoms with van der Waals surface area (Å²) in [5.74, 6) is -1.01. The maximum Gasteiger partial charge on any atom is 0.323 e. The van der Waals surface area contributed by atoms with Crippen LogP contribution in [0.3, 0.4) is 0 Å². The van der Waals surface area contributed by atoms with Gasteiger partial charge in [0.05, 0.1) is 17.1 Å². The predicted octanol–water partition coefficient (Wildman–Crippen LogP) is 4.67. The highest BCUT2D eigenvalue weighted by Gasteiger charge is 2.44. The molecule has 0 radical (unpaired) electrons. The summed E-state index contributed by atoms with van der Waals surface area (Å²) in [7, 11) is 0. The Kier molecular flexibility index (Phi) is 9.32. The Balaban J connectivity index is 0.000000340. The lowest BCUT2D eigenvalue weighted by Gasteiger charge is -2.25. The molecule has 3 saturated heterocycles. The van der Waals surface area contributed by atoms with E-state index in [4.69, 9.17) is 21.6 Å². The quantitative estimate of drug-likeness (QED) is 0.122. The van der Waals surface area contributed by atoms with Gasteiger partial charge in [0.2, 0.25) is 0 Å². The molecule has 10 nitrogen and oxygen atoms in total. The summed E-state index contributed by atoms with van der Waals surface area (Å²) in [6.07, 6.45) is 10.0. The van der Waals surface area contributed by atoms with Crippen LogP contribution >= 0.6 is 0 Å². The van der Waals surface area contributed by atoms with E-state index in [9.17, 15) is 23.4 Å². The third-order valence-electron chi connectivity index (χ3n) is 9.14. The monoisotopic (exact) mass is 668 g/mol. The van der Waals surface area contributed by atoms with E-state index < -0.39 is 41.7 Å². The van der Waals surface area contributed by atoms with E-state index in [1.807, 2.05) is 11.8 Å². The fourth-order valence-corrected chi connectivity index (χ4v) is 7.02. The number of terminal acetylenes is 1. The van der Waals surface area contributed by atoms with Crippen LogP contribution < -0.4 is 15.4 Å². The first-order valence-electron chi connectivity index (χ1n) is 15.7. The predicted molar refractivity (Wildman–Crippen MR) is 172 cm³/mol. The fourth-order valence-electron chi connectivity index (χ4n) is 7.02. The van der Waals surface area contributed by atoms with Gasteiger partial charge in [0.15, 0.2) is 17.5 Å². The molecule has 48 heavy (non-hydrogen) atoms. The van der Waals surface area contributed by atoms with Crippen molar-refractivity contribution >= 4 is 33.2 Å². The number of rotatable bonds is 4. The average molecular weight is 669 g/mol. The molecule has 0 spiro atoms. The minimum absolute atomic E-state index is 0.0212. The van der Waals surface area contributed by atoms with Crippen molar-refractivity contribution in [2.75, 3.05) is 43.4 Å². The number of hydrogen-bond donors (Lipinski definition) is 3. The minimum atomic E-state index is -2.26. The molecule has 4 aromatic rings. The van der Waals surface area contributed by atoms with Crippen LogP contribution in [-0.2, 0) is 4.74 Å². The van der Waals surface area contributed by atoms with Crippen molar-refractivity contribution in [3.8, 4) is 29.6 Å². The van der Waals surface area contributed by atoms with Gasteiger partial charge in [-0.05, 0) is 69.7 Å². The third-order valence-corrected chi connectivity index (χ3v) is 9.14. The first kappa shape index (κ1) is 33.6. The van der Waals surface area contributed by atoms with Crippen molar-refractivity contribution in [1.82, 2.24) is 19.9 Å². The number of fused-ring (bicyclic) bond motifs is 3. The Morgan fingerprint density at radius 1 is 1.12 bits per heavy atom. The lowest BCUT2D eigenvalue weighted by Crippen LogP contribution is -2.34. The molecule has 2 aromatic carbocycles. The maximum atomic E-state index is 16.2. The van der Waals surface area contributed by atoms with Crippen molar-refractivity contribution in [2.45, 2.75) is 63.8 Å². The van der Waals surface area contributed by atoms with Crippen LogP contribution in [0, 0.1) is 29.8 Å². The Bertz CT molecular complexity index is 1910. The average Bonchev–Trinajstić information content (AvgIpc) is 3.41. The van der Waals surface area contributed by atoms with Crippen molar-refractivity contribution < 1.29 is 37.2 Å². The number of anilines is 2. The van der Waals surface area contributed by atoms with Crippen molar-refractivity contribution in [3.05, 3.63) is 47.4 Å². The number of aromatic nitrogens is 3. The number of aliphatic hydroxyl groups is 2. The number of halogens is 4. The number of nitrogens with zero attached hydrogens (tertiary/aromatic N) is 5. The van der Waals surface area contributed by atoms with Gasteiger partial charge in [-0.1, -0.05) is 5.92 Å². The van der Waals surface area contributed by atoms with Gasteiger partial charge >= 0.3 is 12.5 Å². The first-order valence-corrected chi connectivity index (χ1v) is 15.7. The van der Waals surface area contributed by atoms with Gasteiger partial charge < -0.3 is 30.3 Å². The SMILES string of the molecule is C#Cc1c(F)c(F)cc2cc(N)cc(-c3ncc4c(N5CCCOC(C)C5)nc(OC(O)O)nc4c3F)c12.CC12CCCN1CC(F)C2. The zero-order chi connectivity index (χ0) is 34.3. The molecular weight excluding hydrogens is 632 g/mol. The van der Waals surface area contributed by atoms with E-state index in [-0.39, 0.29) is 56.1 Å². The van der Waals surface area contributed by atoms with E-state index in [0.29, 0.717) is 32.7 Å². The van der Waals surface area contributed by atoms with Gasteiger partial charge in [-0.25, -0.2) is 17.6 Å². The highest BCUT2D eigenvalue weighted by Crippen LogP contribution is 2.40. The van der Waals surface area contributed by atoms with Crippen LogP contribution in [0.4, 0.5) is 29.1 Å². The number of nitrogens with two attached hydrogens (primary N) is 1. The molecule has 0 amide bonds. The van der Waals surface area contributed by atoms with Gasteiger partial charge in [0.25, 0.3) is 0 Å². The number of pyridine rings is 1. The minimum Gasteiger partial charge on any atom is -0.408 e. The molecule has 4 N–H and O–H groups in total. The molecule has 3 aliphatic rings. The molecule has 3 atom stereocenters. The van der Waals surface area contributed by atoms with E-state index >= 15 is 4.39 Å². The second-order valence-corrected chi connectivity index (χ2v) is 12.6. The number of hydrogen-bond acceptors (Lipinski definition) is 10. The van der Waals surface area contributed by atoms with Crippen LogP contribution in [0.15, 0.2) is 24.4 Å². The lowest BCUT2D eigenvalue weighted by molar-refractivity contribution is -0.183. The van der Waals surface area contributed by atoms with Crippen LogP contribution in [0.1, 0.15) is 45.1 Å². The molecule has 14 heteroatoms. The fraction of sp³-hybridized carbons (Fsp3) is 0.441. The van der Waals surface area contributed by atoms with Gasteiger partial charge in [-0.15, -0.1) is 6.42 Å². The zero-order valence-corrected chi connectivity index (χ0v) is 26.5. The summed E-state index contributed by atoms with van der Waals surface area (Å²) >= 11 is 0. The van der Waals surface area contributed by atoms with Gasteiger partial charge in [-0.3, -0.25) is 9.88 Å². The first-order chi connectivity index (χ1) is 22.9. The molecular formula is C34H36F4N6O4. The highest BCUT2D eigenvalue weighted by atomic mass is 19.2. The summed E-state index contributed by atoms with van der Waals surface area (Å²) in [6, 6.07) is 3.16.